The lowest BCUT2D eigenvalue weighted by atomic mass is 10.0. The Hall–Kier alpha value is -1.80. The lowest BCUT2D eigenvalue weighted by Gasteiger charge is -2.09. The van der Waals surface area contributed by atoms with Gasteiger partial charge in [0.1, 0.15) is 12.4 Å². The molecule has 0 spiro atoms. The second kappa shape index (κ2) is 6.39. The highest BCUT2D eigenvalue weighted by Crippen LogP contribution is 2.17. The van der Waals surface area contributed by atoms with Crippen LogP contribution in [0, 0.1) is 0 Å². The fourth-order valence-electron chi connectivity index (χ4n) is 1.86. The third-order valence-electron chi connectivity index (χ3n) is 3.16. The van der Waals surface area contributed by atoms with Crippen LogP contribution in [0.1, 0.15) is 36.5 Å². The Labute approximate surface area is 114 Å². The third kappa shape index (κ3) is 3.83. The second-order valence-electron chi connectivity index (χ2n) is 4.99. The average molecular weight is 256 g/mol. The molecule has 0 amide bonds. The van der Waals surface area contributed by atoms with Crippen molar-refractivity contribution < 1.29 is 9.84 Å². The first-order valence-corrected chi connectivity index (χ1v) is 6.60. The third-order valence-corrected chi connectivity index (χ3v) is 3.16. The molecule has 2 aromatic carbocycles. The number of benzene rings is 2. The van der Waals surface area contributed by atoms with Crippen molar-refractivity contribution >= 4 is 0 Å². The quantitative estimate of drug-likeness (QED) is 0.879. The van der Waals surface area contributed by atoms with Crippen LogP contribution in [0.5, 0.6) is 5.75 Å². The van der Waals surface area contributed by atoms with Crippen LogP contribution in [0.15, 0.2) is 48.5 Å². The van der Waals surface area contributed by atoms with Crippen molar-refractivity contribution in [2.75, 3.05) is 0 Å². The molecule has 0 heterocycles. The molecule has 0 aliphatic rings. The molecule has 2 rings (SSSR count). The van der Waals surface area contributed by atoms with Crippen LogP contribution < -0.4 is 4.74 Å². The van der Waals surface area contributed by atoms with Crippen molar-refractivity contribution in [2.24, 2.45) is 0 Å². The minimum atomic E-state index is 0.0664. The zero-order valence-corrected chi connectivity index (χ0v) is 11.5. The van der Waals surface area contributed by atoms with Gasteiger partial charge in [-0.2, -0.15) is 0 Å². The normalized spacial score (nSPS) is 10.7. The second-order valence-corrected chi connectivity index (χ2v) is 4.99. The molecule has 0 aliphatic heterocycles. The van der Waals surface area contributed by atoms with Gasteiger partial charge in [-0.05, 0) is 34.7 Å². The van der Waals surface area contributed by atoms with Crippen molar-refractivity contribution in [1.82, 2.24) is 0 Å². The summed E-state index contributed by atoms with van der Waals surface area (Å²) in [6, 6.07) is 16.0. The van der Waals surface area contributed by atoms with E-state index in [1.165, 1.54) is 5.56 Å². The molecule has 19 heavy (non-hydrogen) atoms. The van der Waals surface area contributed by atoms with Crippen LogP contribution in [0.3, 0.4) is 0 Å². The predicted octanol–water partition coefficient (Wildman–Crippen LogP) is 3.88. The molecule has 1 N–H and O–H groups in total. The van der Waals surface area contributed by atoms with Gasteiger partial charge in [-0.1, -0.05) is 50.2 Å². The molecule has 2 aromatic rings. The molecular formula is C17H20O2. The zero-order valence-electron chi connectivity index (χ0n) is 11.5. The summed E-state index contributed by atoms with van der Waals surface area (Å²) < 4.78 is 5.71. The van der Waals surface area contributed by atoms with Gasteiger partial charge in [-0.3, -0.25) is 0 Å². The van der Waals surface area contributed by atoms with E-state index in [-0.39, 0.29) is 6.61 Å². The van der Waals surface area contributed by atoms with E-state index in [9.17, 15) is 0 Å². The highest BCUT2D eigenvalue weighted by molar-refractivity contribution is 5.28. The van der Waals surface area contributed by atoms with Crippen molar-refractivity contribution in [2.45, 2.75) is 33.0 Å². The smallest absolute Gasteiger partial charge is 0.119 e. The SMILES string of the molecule is CC(C)c1ccc(COc2ccc(CO)cc2)cc1. The summed E-state index contributed by atoms with van der Waals surface area (Å²) in [5, 5.41) is 8.97. The largest absolute Gasteiger partial charge is 0.489 e. The Kier molecular flexibility index (Phi) is 4.58. The van der Waals surface area contributed by atoms with Crippen LogP contribution >= 0.6 is 0 Å². The fourth-order valence-corrected chi connectivity index (χ4v) is 1.86. The number of hydrogen-bond acceptors (Lipinski definition) is 2. The van der Waals surface area contributed by atoms with Gasteiger partial charge in [0, 0.05) is 0 Å². The fraction of sp³-hybridized carbons (Fsp3) is 0.294. The molecule has 0 atom stereocenters. The lowest BCUT2D eigenvalue weighted by molar-refractivity contribution is 0.280. The molecule has 0 unspecified atom stereocenters. The Balaban J connectivity index is 1.94. The average Bonchev–Trinajstić information content (AvgIpc) is 2.46. The summed E-state index contributed by atoms with van der Waals surface area (Å²) in [7, 11) is 0. The summed E-state index contributed by atoms with van der Waals surface area (Å²) in [5.41, 5.74) is 3.40. The summed E-state index contributed by atoms with van der Waals surface area (Å²) >= 11 is 0. The zero-order chi connectivity index (χ0) is 13.7. The minimum Gasteiger partial charge on any atom is -0.489 e. The van der Waals surface area contributed by atoms with E-state index in [0.29, 0.717) is 12.5 Å². The molecule has 0 fully saturated rings. The number of rotatable bonds is 5. The Bertz CT molecular complexity index is 498. The molecule has 0 saturated carbocycles. The van der Waals surface area contributed by atoms with E-state index in [4.69, 9.17) is 9.84 Å². The Morgan fingerprint density at radius 2 is 1.47 bits per heavy atom. The summed E-state index contributed by atoms with van der Waals surface area (Å²) in [6.45, 7) is 5.01. The van der Waals surface area contributed by atoms with E-state index in [0.717, 1.165) is 16.9 Å². The Morgan fingerprint density at radius 3 is 2.00 bits per heavy atom. The van der Waals surface area contributed by atoms with Crippen molar-refractivity contribution in [1.29, 1.82) is 0 Å². The molecule has 0 saturated heterocycles. The van der Waals surface area contributed by atoms with Gasteiger partial charge in [-0.15, -0.1) is 0 Å². The maximum absolute atomic E-state index is 8.97. The molecule has 0 bridgehead atoms. The Morgan fingerprint density at radius 1 is 0.895 bits per heavy atom. The molecule has 0 radical (unpaired) electrons. The van der Waals surface area contributed by atoms with Crippen molar-refractivity contribution in [3.63, 3.8) is 0 Å². The molecule has 100 valence electrons. The van der Waals surface area contributed by atoms with Gasteiger partial charge in [0.2, 0.25) is 0 Å². The van der Waals surface area contributed by atoms with Crippen LogP contribution in [0.25, 0.3) is 0 Å². The number of ether oxygens (including phenoxy) is 1. The summed E-state index contributed by atoms with van der Waals surface area (Å²) in [4.78, 5) is 0. The maximum Gasteiger partial charge on any atom is 0.119 e. The number of aliphatic hydroxyl groups is 1. The predicted molar refractivity (Wildman–Crippen MR) is 77.2 cm³/mol. The summed E-state index contributed by atoms with van der Waals surface area (Å²) in [6.07, 6.45) is 0. The highest BCUT2D eigenvalue weighted by atomic mass is 16.5. The molecule has 0 aromatic heterocycles. The first kappa shape index (κ1) is 13.6. The molecule has 2 nitrogen and oxygen atoms in total. The molecule has 0 aliphatic carbocycles. The van der Waals surface area contributed by atoms with Gasteiger partial charge in [0.25, 0.3) is 0 Å². The number of aliphatic hydroxyl groups excluding tert-OH is 1. The van der Waals surface area contributed by atoms with E-state index in [1.54, 1.807) is 0 Å². The van der Waals surface area contributed by atoms with E-state index < -0.39 is 0 Å². The maximum atomic E-state index is 8.97. The summed E-state index contributed by atoms with van der Waals surface area (Å²) in [5.74, 6) is 1.38. The van der Waals surface area contributed by atoms with Crippen LogP contribution in [-0.2, 0) is 13.2 Å². The monoisotopic (exact) mass is 256 g/mol. The molecular weight excluding hydrogens is 236 g/mol. The number of hydrogen-bond donors (Lipinski definition) is 1. The minimum absolute atomic E-state index is 0.0664. The van der Waals surface area contributed by atoms with Gasteiger partial charge < -0.3 is 9.84 Å². The van der Waals surface area contributed by atoms with Gasteiger partial charge in [0.15, 0.2) is 0 Å². The first-order valence-electron chi connectivity index (χ1n) is 6.60. The van der Waals surface area contributed by atoms with Gasteiger partial charge >= 0.3 is 0 Å². The van der Waals surface area contributed by atoms with E-state index >= 15 is 0 Å². The van der Waals surface area contributed by atoms with E-state index in [1.807, 2.05) is 24.3 Å². The topological polar surface area (TPSA) is 29.5 Å². The highest BCUT2D eigenvalue weighted by Gasteiger charge is 2.00. The van der Waals surface area contributed by atoms with Crippen molar-refractivity contribution in [3.8, 4) is 5.75 Å². The van der Waals surface area contributed by atoms with Gasteiger partial charge in [-0.25, -0.2) is 0 Å². The van der Waals surface area contributed by atoms with Crippen LogP contribution in [0.4, 0.5) is 0 Å². The van der Waals surface area contributed by atoms with Crippen molar-refractivity contribution in [3.05, 3.63) is 65.2 Å². The van der Waals surface area contributed by atoms with E-state index in [2.05, 4.69) is 38.1 Å². The standard InChI is InChI=1S/C17H20O2/c1-13(2)16-7-3-15(4-8-16)12-19-17-9-5-14(11-18)6-10-17/h3-10,13,18H,11-12H2,1-2H3. The van der Waals surface area contributed by atoms with Crippen LogP contribution in [0.2, 0.25) is 0 Å². The first-order chi connectivity index (χ1) is 9.19. The lowest BCUT2D eigenvalue weighted by Crippen LogP contribution is -1.96. The molecule has 2 heteroatoms. The van der Waals surface area contributed by atoms with Gasteiger partial charge in [0.05, 0.1) is 6.61 Å². The van der Waals surface area contributed by atoms with Crippen LogP contribution in [-0.4, -0.2) is 5.11 Å².